The number of benzene rings is 1. The zero-order valence-electron chi connectivity index (χ0n) is 10.7. The summed E-state index contributed by atoms with van der Waals surface area (Å²) in [5.41, 5.74) is 7.75. The van der Waals surface area contributed by atoms with Crippen molar-refractivity contribution in [1.29, 1.82) is 0 Å². The molecule has 110 valence electrons. The third kappa shape index (κ3) is 2.98. The Hall–Kier alpha value is -2.12. The number of carboxylic acids is 1. The van der Waals surface area contributed by atoms with Crippen LogP contribution < -0.4 is 4.90 Å². The minimum Gasteiger partial charge on any atom is -0.478 e. The van der Waals surface area contributed by atoms with E-state index >= 15 is 0 Å². The minimum absolute atomic E-state index is 0.0776. The fraction of sp³-hybridized carbons (Fsp3) is 0.333. The van der Waals surface area contributed by atoms with Crippen molar-refractivity contribution in [3.8, 4) is 0 Å². The van der Waals surface area contributed by atoms with Crippen molar-refractivity contribution in [1.82, 2.24) is 0 Å². The molecule has 21 heavy (non-hydrogen) atoms. The summed E-state index contributed by atoms with van der Waals surface area (Å²) in [4.78, 5) is 26.9. The number of hydrogen-bond donors (Lipinski definition) is 1. The van der Waals surface area contributed by atoms with Gasteiger partial charge < -0.3 is 10.0 Å². The topological polar surface area (TPSA) is 106 Å². The first-order valence-electron chi connectivity index (χ1n) is 5.98. The Morgan fingerprint density at radius 3 is 2.95 bits per heavy atom. The second kappa shape index (κ2) is 6.11. The fourth-order valence-electron chi connectivity index (χ4n) is 2.25. The number of azide groups is 1. The fourth-order valence-corrected chi connectivity index (χ4v) is 2.57. The smallest absolute Gasteiger partial charge is 0.337 e. The molecule has 0 aromatic heterocycles. The molecule has 1 N–H and O–H groups in total. The van der Waals surface area contributed by atoms with Gasteiger partial charge in [-0.05, 0) is 39.5 Å². The van der Waals surface area contributed by atoms with Crippen LogP contribution >= 0.6 is 15.9 Å². The third-order valence-electron chi connectivity index (χ3n) is 3.18. The Kier molecular flexibility index (Phi) is 4.44. The van der Waals surface area contributed by atoms with Gasteiger partial charge >= 0.3 is 5.97 Å². The van der Waals surface area contributed by atoms with Gasteiger partial charge in [0.1, 0.15) is 0 Å². The molecular weight excluding hydrogens is 347 g/mol. The highest BCUT2D eigenvalue weighted by Gasteiger charge is 2.34. The number of carbonyl (C=O) groups excluding carboxylic acids is 1. The van der Waals surface area contributed by atoms with Crippen LogP contribution in [0.3, 0.4) is 0 Å². The maximum absolute atomic E-state index is 14.2. The van der Waals surface area contributed by atoms with Crippen LogP contribution in [0, 0.1) is 11.7 Å². The van der Waals surface area contributed by atoms with Gasteiger partial charge in [0.2, 0.25) is 5.91 Å². The highest BCUT2D eigenvalue weighted by Crippen LogP contribution is 2.34. The number of amides is 1. The molecule has 1 unspecified atom stereocenters. The Bertz CT molecular complexity index is 660. The van der Waals surface area contributed by atoms with E-state index in [0.29, 0.717) is 0 Å². The van der Waals surface area contributed by atoms with Crippen LogP contribution in [0.5, 0.6) is 0 Å². The molecule has 1 heterocycles. The van der Waals surface area contributed by atoms with Crippen molar-refractivity contribution in [3.05, 3.63) is 38.4 Å². The van der Waals surface area contributed by atoms with Crippen molar-refractivity contribution in [2.75, 3.05) is 18.0 Å². The van der Waals surface area contributed by atoms with Crippen molar-refractivity contribution < 1.29 is 19.1 Å². The quantitative estimate of drug-likeness (QED) is 0.509. The lowest BCUT2D eigenvalue weighted by atomic mass is 10.1. The second-order valence-corrected chi connectivity index (χ2v) is 5.40. The number of halogens is 2. The van der Waals surface area contributed by atoms with E-state index in [0.717, 1.165) is 4.90 Å². The highest BCUT2D eigenvalue weighted by molar-refractivity contribution is 9.10. The number of carbonyl (C=O) groups is 2. The number of rotatable bonds is 4. The van der Waals surface area contributed by atoms with E-state index in [9.17, 15) is 14.0 Å². The van der Waals surface area contributed by atoms with Crippen LogP contribution in [0.15, 0.2) is 21.7 Å². The molecule has 9 heteroatoms. The Balaban J connectivity index is 2.42. The summed E-state index contributed by atoms with van der Waals surface area (Å²) in [5.74, 6) is -2.77. The predicted octanol–water partition coefficient (Wildman–Crippen LogP) is 2.95. The largest absolute Gasteiger partial charge is 0.478 e. The summed E-state index contributed by atoms with van der Waals surface area (Å²) in [5, 5.41) is 12.5. The number of nitrogens with zero attached hydrogens (tertiary/aromatic N) is 4. The van der Waals surface area contributed by atoms with E-state index in [1.54, 1.807) is 0 Å². The molecule has 0 aliphatic carbocycles. The average Bonchev–Trinajstić information content (AvgIpc) is 2.80. The molecule has 0 radical (unpaired) electrons. The van der Waals surface area contributed by atoms with Crippen LogP contribution in [-0.2, 0) is 4.79 Å². The minimum atomic E-state index is -1.32. The van der Waals surface area contributed by atoms with Gasteiger partial charge in [0.15, 0.2) is 5.82 Å². The van der Waals surface area contributed by atoms with Gasteiger partial charge in [-0.2, -0.15) is 0 Å². The molecule has 1 aliphatic rings. The Labute approximate surface area is 127 Å². The van der Waals surface area contributed by atoms with Crippen LogP contribution in [0.4, 0.5) is 10.1 Å². The molecule has 1 saturated heterocycles. The van der Waals surface area contributed by atoms with Crippen molar-refractivity contribution in [3.63, 3.8) is 0 Å². The Morgan fingerprint density at radius 2 is 2.33 bits per heavy atom. The molecule has 1 amide bonds. The standard InChI is InChI=1S/C12H10BrFN4O3/c13-8-2-1-7(12(20)21)11(10(8)14)18-5-6(3-9(18)19)4-16-17-15/h1-2,6H,3-5H2,(H,20,21). The lowest BCUT2D eigenvalue weighted by Crippen LogP contribution is -2.28. The van der Waals surface area contributed by atoms with Gasteiger partial charge in [-0.15, -0.1) is 0 Å². The molecule has 2 rings (SSSR count). The first kappa shape index (κ1) is 15.3. The van der Waals surface area contributed by atoms with Crippen molar-refractivity contribution >= 4 is 33.5 Å². The van der Waals surface area contributed by atoms with Gasteiger partial charge in [0, 0.05) is 24.4 Å². The maximum Gasteiger partial charge on any atom is 0.337 e. The third-order valence-corrected chi connectivity index (χ3v) is 3.79. The van der Waals surface area contributed by atoms with Gasteiger partial charge in [-0.3, -0.25) is 4.79 Å². The number of anilines is 1. The summed E-state index contributed by atoms with van der Waals surface area (Å²) in [6.07, 6.45) is 0.0873. The van der Waals surface area contributed by atoms with Crippen molar-refractivity contribution in [2.24, 2.45) is 11.0 Å². The van der Waals surface area contributed by atoms with E-state index in [-0.39, 0.29) is 41.2 Å². The molecule has 1 fully saturated rings. The van der Waals surface area contributed by atoms with Crippen LogP contribution in [0.1, 0.15) is 16.8 Å². The number of aromatic carboxylic acids is 1. The monoisotopic (exact) mass is 356 g/mol. The van der Waals surface area contributed by atoms with Gasteiger partial charge in [-0.25, -0.2) is 9.18 Å². The summed E-state index contributed by atoms with van der Waals surface area (Å²) in [6.45, 7) is 0.224. The first-order valence-corrected chi connectivity index (χ1v) is 6.77. The first-order chi connectivity index (χ1) is 9.95. The van der Waals surface area contributed by atoms with E-state index in [2.05, 4.69) is 26.0 Å². The molecule has 1 atom stereocenters. The lowest BCUT2D eigenvalue weighted by Gasteiger charge is -2.20. The molecule has 7 nitrogen and oxygen atoms in total. The van der Waals surface area contributed by atoms with Crippen LogP contribution in [-0.4, -0.2) is 30.1 Å². The van der Waals surface area contributed by atoms with Gasteiger partial charge in [0.05, 0.1) is 15.7 Å². The number of carboxylic acid groups (broad SMARTS) is 1. The van der Waals surface area contributed by atoms with E-state index < -0.39 is 17.7 Å². The molecule has 1 aromatic rings. The SMILES string of the molecule is [N-]=[N+]=NCC1CC(=O)N(c2c(C(=O)O)ccc(Br)c2F)C1. The Morgan fingerprint density at radius 1 is 1.62 bits per heavy atom. The summed E-state index contributed by atoms with van der Waals surface area (Å²) in [7, 11) is 0. The molecule has 0 bridgehead atoms. The summed E-state index contributed by atoms with van der Waals surface area (Å²) >= 11 is 2.98. The second-order valence-electron chi connectivity index (χ2n) is 4.55. The summed E-state index contributed by atoms with van der Waals surface area (Å²) in [6, 6.07) is 2.51. The lowest BCUT2D eigenvalue weighted by molar-refractivity contribution is -0.117. The maximum atomic E-state index is 14.2. The summed E-state index contributed by atoms with van der Waals surface area (Å²) < 4.78 is 14.3. The van der Waals surface area contributed by atoms with Crippen molar-refractivity contribution in [2.45, 2.75) is 6.42 Å². The highest BCUT2D eigenvalue weighted by atomic mass is 79.9. The zero-order chi connectivity index (χ0) is 15.6. The average molecular weight is 357 g/mol. The molecule has 1 aromatic carbocycles. The normalized spacial score (nSPS) is 17.7. The molecule has 0 spiro atoms. The van der Waals surface area contributed by atoms with E-state index in [4.69, 9.17) is 10.6 Å². The molecule has 0 saturated carbocycles. The zero-order valence-corrected chi connectivity index (χ0v) is 12.2. The van der Waals surface area contributed by atoms with E-state index in [1.807, 2.05) is 0 Å². The van der Waals surface area contributed by atoms with E-state index in [1.165, 1.54) is 12.1 Å². The molecular formula is C12H10BrFN4O3. The number of hydrogen-bond acceptors (Lipinski definition) is 3. The van der Waals surface area contributed by atoms with Crippen LogP contribution in [0.25, 0.3) is 10.4 Å². The predicted molar refractivity (Wildman–Crippen MR) is 75.5 cm³/mol. The molecule has 1 aliphatic heterocycles. The van der Waals surface area contributed by atoms with Crippen LogP contribution in [0.2, 0.25) is 0 Å². The van der Waals surface area contributed by atoms with Gasteiger partial charge in [-0.1, -0.05) is 5.11 Å². The van der Waals surface area contributed by atoms with Gasteiger partial charge in [0.25, 0.3) is 0 Å².